The zero-order valence-electron chi connectivity index (χ0n) is 14.2. The molecule has 1 aliphatic rings. The van der Waals surface area contributed by atoms with Crippen LogP contribution in [0.3, 0.4) is 0 Å². The third-order valence-electron chi connectivity index (χ3n) is 4.53. The van der Waals surface area contributed by atoms with Crippen LogP contribution in [-0.4, -0.2) is 33.4 Å². The van der Waals surface area contributed by atoms with Crippen LogP contribution >= 0.6 is 0 Å². The minimum atomic E-state index is -0.511. The highest BCUT2D eigenvalue weighted by atomic mass is 16.2. The molecule has 0 aliphatic carbocycles. The molecule has 0 fully saturated rings. The van der Waals surface area contributed by atoms with Crippen molar-refractivity contribution in [3.8, 4) is 5.82 Å². The molecule has 0 bridgehead atoms. The first-order valence-electron chi connectivity index (χ1n) is 8.24. The molecule has 1 aromatic carbocycles. The Morgan fingerprint density at radius 1 is 1.23 bits per heavy atom. The van der Waals surface area contributed by atoms with E-state index in [9.17, 15) is 9.59 Å². The Morgan fingerprint density at radius 3 is 2.81 bits per heavy atom. The number of carbonyl (C=O) groups is 2. The number of fused-ring (bicyclic) bond motifs is 1. The molecule has 7 heteroatoms. The largest absolute Gasteiger partial charge is 0.324 e. The fourth-order valence-electron chi connectivity index (χ4n) is 3.11. The molecule has 0 radical (unpaired) electrons. The molecule has 0 spiro atoms. The van der Waals surface area contributed by atoms with Gasteiger partial charge in [-0.1, -0.05) is 18.2 Å². The first-order valence-corrected chi connectivity index (χ1v) is 8.24. The Morgan fingerprint density at radius 2 is 2.08 bits per heavy atom. The number of carbonyl (C=O) groups excluding carboxylic acids is 2. The van der Waals surface area contributed by atoms with E-state index in [1.165, 1.54) is 0 Å². The number of hydrogen-bond donors (Lipinski definition) is 1. The highest BCUT2D eigenvalue weighted by molar-refractivity contribution is 6.05. The molecule has 26 heavy (non-hydrogen) atoms. The summed E-state index contributed by atoms with van der Waals surface area (Å²) in [5, 5.41) is 2.86. The maximum atomic E-state index is 12.8. The Hall–Kier alpha value is -3.48. The lowest BCUT2D eigenvalue weighted by atomic mass is 9.89. The highest BCUT2D eigenvalue weighted by Crippen LogP contribution is 2.35. The molecule has 1 N–H and O–H groups in total. The average Bonchev–Trinajstić information content (AvgIpc) is 3.20. The summed E-state index contributed by atoms with van der Waals surface area (Å²) in [7, 11) is 1.73. The summed E-state index contributed by atoms with van der Waals surface area (Å²) < 4.78 is 1.78. The zero-order valence-corrected chi connectivity index (χ0v) is 14.2. The molecule has 1 atom stereocenters. The number of hydrogen-bond acceptors (Lipinski definition) is 4. The van der Waals surface area contributed by atoms with Gasteiger partial charge in [-0.2, -0.15) is 0 Å². The molecule has 0 saturated carbocycles. The van der Waals surface area contributed by atoms with E-state index in [2.05, 4.69) is 15.3 Å². The number of para-hydroxylation sites is 1. The van der Waals surface area contributed by atoms with E-state index >= 15 is 0 Å². The van der Waals surface area contributed by atoms with E-state index in [0.717, 1.165) is 11.3 Å². The van der Waals surface area contributed by atoms with Gasteiger partial charge < -0.3 is 10.2 Å². The fourth-order valence-corrected chi connectivity index (χ4v) is 3.11. The van der Waals surface area contributed by atoms with Gasteiger partial charge in [0.05, 0.1) is 17.8 Å². The number of amides is 2. The summed E-state index contributed by atoms with van der Waals surface area (Å²) in [6, 6.07) is 11.1. The maximum absolute atomic E-state index is 12.8. The van der Waals surface area contributed by atoms with Crippen molar-refractivity contribution in [3.63, 3.8) is 0 Å². The number of imidazole rings is 1. The molecule has 4 rings (SSSR count). The first kappa shape index (κ1) is 16.0. The molecule has 2 amide bonds. The fraction of sp³-hybridized carbons (Fsp3) is 0.158. The number of aromatic nitrogens is 3. The van der Waals surface area contributed by atoms with E-state index < -0.39 is 5.92 Å². The number of rotatable bonds is 3. The van der Waals surface area contributed by atoms with Crippen molar-refractivity contribution in [2.45, 2.75) is 12.3 Å². The average molecular weight is 347 g/mol. The van der Waals surface area contributed by atoms with Gasteiger partial charge in [-0.3, -0.25) is 14.2 Å². The van der Waals surface area contributed by atoms with Gasteiger partial charge in [0.15, 0.2) is 0 Å². The van der Waals surface area contributed by atoms with Crippen molar-refractivity contribution in [3.05, 3.63) is 66.9 Å². The van der Waals surface area contributed by atoms with Gasteiger partial charge in [0.1, 0.15) is 12.1 Å². The van der Waals surface area contributed by atoms with E-state index in [0.29, 0.717) is 11.5 Å². The Balaban J connectivity index is 1.55. The number of nitrogens with zero attached hydrogens (tertiary/aromatic N) is 4. The summed E-state index contributed by atoms with van der Waals surface area (Å²) in [5.41, 5.74) is 2.22. The number of nitrogens with one attached hydrogen (secondary N) is 1. The Bertz CT molecular complexity index is 950. The van der Waals surface area contributed by atoms with Crippen molar-refractivity contribution in [1.29, 1.82) is 0 Å². The second-order valence-electron chi connectivity index (χ2n) is 6.13. The van der Waals surface area contributed by atoms with Crippen molar-refractivity contribution in [2.75, 3.05) is 17.3 Å². The quantitative estimate of drug-likeness (QED) is 0.789. The number of benzene rings is 1. The van der Waals surface area contributed by atoms with Crippen LogP contribution in [0.25, 0.3) is 5.82 Å². The monoisotopic (exact) mass is 347 g/mol. The summed E-state index contributed by atoms with van der Waals surface area (Å²) in [5.74, 6) is -0.0861. The summed E-state index contributed by atoms with van der Waals surface area (Å²) in [4.78, 5) is 34.9. The maximum Gasteiger partial charge on any atom is 0.232 e. The molecular formula is C19H17N5O2. The molecule has 1 unspecified atom stereocenters. The van der Waals surface area contributed by atoms with Crippen LogP contribution in [0, 0.1) is 0 Å². The Labute approximate surface area is 150 Å². The van der Waals surface area contributed by atoms with Gasteiger partial charge >= 0.3 is 0 Å². The minimum absolute atomic E-state index is 0.0718. The van der Waals surface area contributed by atoms with Crippen LogP contribution < -0.4 is 10.2 Å². The van der Waals surface area contributed by atoms with E-state index in [4.69, 9.17) is 0 Å². The van der Waals surface area contributed by atoms with Crippen LogP contribution in [-0.2, 0) is 9.59 Å². The molecule has 7 nitrogen and oxygen atoms in total. The van der Waals surface area contributed by atoms with Crippen LogP contribution in [0.4, 0.5) is 11.4 Å². The SMILES string of the molecule is CN1C(=O)CC(C(=O)Nc2ccc(-n3ccnc3)nc2)c2ccccc21. The van der Waals surface area contributed by atoms with Gasteiger partial charge in [-0.15, -0.1) is 0 Å². The molecule has 3 aromatic rings. The van der Waals surface area contributed by atoms with E-state index in [1.54, 1.807) is 53.6 Å². The predicted molar refractivity (Wildman–Crippen MR) is 97.2 cm³/mol. The van der Waals surface area contributed by atoms with Gasteiger partial charge in [0.25, 0.3) is 0 Å². The van der Waals surface area contributed by atoms with Gasteiger partial charge in [0, 0.05) is 31.5 Å². The summed E-state index contributed by atoms with van der Waals surface area (Å²) in [6.45, 7) is 0. The van der Waals surface area contributed by atoms with Crippen LogP contribution in [0.5, 0.6) is 0 Å². The first-order chi connectivity index (χ1) is 12.6. The predicted octanol–water partition coefficient (Wildman–Crippen LogP) is 2.36. The second kappa shape index (κ2) is 6.44. The lowest BCUT2D eigenvalue weighted by Crippen LogP contribution is -2.37. The molecule has 2 aromatic heterocycles. The lowest BCUT2D eigenvalue weighted by Gasteiger charge is -2.30. The van der Waals surface area contributed by atoms with Crippen LogP contribution in [0.1, 0.15) is 17.9 Å². The molecular weight excluding hydrogens is 330 g/mol. The molecule has 3 heterocycles. The number of pyridine rings is 1. The van der Waals surface area contributed by atoms with Crippen molar-refractivity contribution in [2.24, 2.45) is 0 Å². The van der Waals surface area contributed by atoms with E-state index in [1.807, 2.05) is 24.3 Å². The summed E-state index contributed by atoms with van der Waals surface area (Å²) >= 11 is 0. The van der Waals surface area contributed by atoms with Gasteiger partial charge in [0.2, 0.25) is 11.8 Å². The van der Waals surface area contributed by atoms with Crippen LogP contribution in [0.15, 0.2) is 61.3 Å². The third kappa shape index (κ3) is 2.83. The second-order valence-corrected chi connectivity index (χ2v) is 6.13. The van der Waals surface area contributed by atoms with Crippen LogP contribution in [0.2, 0.25) is 0 Å². The Kier molecular flexibility index (Phi) is 3.96. The molecule has 130 valence electrons. The highest BCUT2D eigenvalue weighted by Gasteiger charge is 2.33. The lowest BCUT2D eigenvalue weighted by molar-refractivity contribution is -0.124. The molecule has 0 saturated heterocycles. The van der Waals surface area contributed by atoms with Gasteiger partial charge in [-0.25, -0.2) is 9.97 Å². The van der Waals surface area contributed by atoms with Gasteiger partial charge in [-0.05, 0) is 23.8 Å². The standard InChI is InChI=1S/C19H17N5O2/c1-23-16-5-3-2-4-14(16)15(10-18(23)25)19(26)22-13-6-7-17(21-11-13)24-9-8-20-12-24/h2-9,11-12,15H,10H2,1H3,(H,22,26). The topological polar surface area (TPSA) is 80.1 Å². The van der Waals surface area contributed by atoms with Crippen molar-refractivity contribution < 1.29 is 9.59 Å². The minimum Gasteiger partial charge on any atom is -0.324 e. The van der Waals surface area contributed by atoms with Crippen molar-refractivity contribution in [1.82, 2.24) is 14.5 Å². The molecule has 1 aliphatic heterocycles. The van der Waals surface area contributed by atoms with E-state index in [-0.39, 0.29) is 18.2 Å². The number of anilines is 2. The normalized spacial score (nSPS) is 16.3. The smallest absolute Gasteiger partial charge is 0.232 e. The van der Waals surface area contributed by atoms with Crippen molar-refractivity contribution >= 4 is 23.2 Å². The zero-order chi connectivity index (χ0) is 18.1. The summed E-state index contributed by atoms with van der Waals surface area (Å²) in [6.07, 6.45) is 6.87. The third-order valence-corrected chi connectivity index (χ3v) is 4.53.